The van der Waals surface area contributed by atoms with Gasteiger partial charge in [0.1, 0.15) is 5.75 Å². The van der Waals surface area contributed by atoms with Gasteiger partial charge in [0.25, 0.3) is 0 Å². The summed E-state index contributed by atoms with van der Waals surface area (Å²) in [7, 11) is 1.61. The van der Waals surface area contributed by atoms with E-state index in [0.29, 0.717) is 22.8 Å². The topological polar surface area (TPSA) is 65.8 Å². The van der Waals surface area contributed by atoms with Gasteiger partial charge < -0.3 is 19.8 Å². The number of piperidine rings is 1. The number of pyridine rings is 1. The molecule has 3 aromatic rings. The second-order valence-corrected chi connectivity index (χ2v) is 11.3. The molecule has 1 saturated heterocycles. The van der Waals surface area contributed by atoms with Crippen molar-refractivity contribution < 1.29 is 14.9 Å². The molecule has 0 aliphatic carbocycles. The first kappa shape index (κ1) is 26.5. The second-order valence-electron chi connectivity index (χ2n) is 9.26. The maximum absolute atomic E-state index is 11.1. The summed E-state index contributed by atoms with van der Waals surface area (Å²) in [4.78, 5) is 8.03. The maximum atomic E-state index is 11.1. The van der Waals surface area contributed by atoms with E-state index in [0.717, 1.165) is 60.6 Å². The molecule has 1 unspecified atom stereocenters. The van der Waals surface area contributed by atoms with E-state index in [2.05, 4.69) is 16.0 Å². The molecule has 1 aromatic heterocycles. The van der Waals surface area contributed by atoms with Crippen molar-refractivity contribution >= 4 is 45.9 Å². The Hall–Kier alpha value is -1.54. The van der Waals surface area contributed by atoms with Crippen LogP contribution in [-0.4, -0.2) is 59.2 Å². The maximum Gasteiger partial charge on any atom is 0.119 e. The molecule has 4 rings (SSSR count). The van der Waals surface area contributed by atoms with E-state index in [1.807, 2.05) is 48.2 Å². The van der Waals surface area contributed by atoms with Gasteiger partial charge in [-0.2, -0.15) is 0 Å². The van der Waals surface area contributed by atoms with Crippen molar-refractivity contribution in [2.75, 3.05) is 39.1 Å². The minimum atomic E-state index is -0.740. The van der Waals surface area contributed by atoms with Crippen LogP contribution in [0, 0.1) is 5.41 Å². The van der Waals surface area contributed by atoms with Crippen LogP contribution in [0.25, 0.3) is 10.9 Å². The number of hydrogen-bond donors (Lipinski definition) is 2. The lowest BCUT2D eigenvalue weighted by Crippen LogP contribution is -2.43. The SMILES string of the molecule is COc1ccc2ncc(Cl)c(C(O)CCC3(CO)CCN(CCSc4cccc(Cl)c4)CC3)c2c1. The number of halogens is 2. The lowest BCUT2D eigenvalue weighted by atomic mass is 9.74. The van der Waals surface area contributed by atoms with Crippen LogP contribution in [0.4, 0.5) is 0 Å². The van der Waals surface area contributed by atoms with Crippen LogP contribution in [0.3, 0.4) is 0 Å². The summed E-state index contributed by atoms with van der Waals surface area (Å²) in [5.41, 5.74) is 1.27. The first-order chi connectivity index (χ1) is 16.9. The number of likely N-dealkylation sites (tertiary alicyclic amines) is 1. The summed E-state index contributed by atoms with van der Waals surface area (Å²) in [6.45, 7) is 3.02. The lowest BCUT2D eigenvalue weighted by molar-refractivity contribution is 0.0254. The molecule has 5 nitrogen and oxygen atoms in total. The van der Waals surface area contributed by atoms with Crippen molar-refractivity contribution in [3.8, 4) is 5.75 Å². The average Bonchev–Trinajstić information content (AvgIpc) is 2.88. The zero-order valence-electron chi connectivity index (χ0n) is 19.9. The highest BCUT2D eigenvalue weighted by Gasteiger charge is 2.34. The number of aliphatic hydroxyl groups excluding tert-OH is 2. The number of nitrogens with zero attached hydrogens (tertiary/aromatic N) is 2. The number of hydrogen-bond acceptors (Lipinski definition) is 6. The number of rotatable bonds is 10. The molecule has 1 fully saturated rings. The number of fused-ring (bicyclic) bond motifs is 1. The van der Waals surface area contributed by atoms with Crippen molar-refractivity contribution in [1.29, 1.82) is 0 Å². The van der Waals surface area contributed by atoms with Gasteiger partial charge >= 0.3 is 0 Å². The Bertz CT molecular complexity index is 1140. The number of methoxy groups -OCH3 is 1. The molecule has 35 heavy (non-hydrogen) atoms. The van der Waals surface area contributed by atoms with Crippen LogP contribution in [0.15, 0.2) is 53.6 Å². The Morgan fingerprint density at radius 1 is 1.17 bits per heavy atom. The van der Waals surface area contributed by atoms with Crippen molar-refractivity contribution in [2.24, 2.45) is 5.41 Å². The first-order valence-electron chi connectivity index (χ1n) is 11.9. The fraction of sp³-hybridized carbons (Fsp3) is 0.444. The monoisotopic (exact) mass is 534 g/mol. The van der Waals surface area contributed by atoms with Gasteiger partial charge in [0, 0.05) is 46.0 Å². The molecule has 8 heteroatoms. The van der Waals surface area contributed by atoms with Gasteiger partial charge in [0.05, 0.1) is 23.8 Å². The molecule has 0 spiro atoms. The van der Waals surface area contributed by atoms with Crippen LogP contribution in [0.1, 0.15) is 37.4 Å². The van der Waals surface area contributed by atoms with Crippen LogP contribution in [0.2, 0.25) is 10.0 Å². The quantitative estimate of drug-likeness (QED) is 0.300. The molecule has 0 saturated carbocycles. The average molecular weight is 536 g/mol. The van der Waals surface area contributed by atoms with Gasteiger partial charge in [-0.15, -0.1) is 11.8 Å². The smallest absolute Gasteiger partial charge is 0.119 e. The van der Waals surface area contributed by atoms with Crippen LogP contribution in [0.5, 0.6) is 5.75 Å². The van der Waals surface area contributed by atoms with Crippen molar-refractivity contribution in [1.82, 2.24) is 9.88 Å². The molecule has 188 valence electrons. The van der Waals surface area contributed by atoms with Crippen molar-refractivity contribution in [3.63, 3.8) is 0 Å². The molecular weight excluding hydrogens is 503 g/mol. The summed E-state index contributed by atoms with van der Waals surface area (Å²) in [5.74, 6) is 1.70. The molecule has 0 amide bonds. The van der Waals surface area contributed by atoms with Gasteiger partial charge in [0.15, 0.2) is 0 Å². The summed E-state index contributed by atoms with van der Waals surface area (Å²) in [6.07, 6.45) is 3.95. The van der Waals surface area contributed by atoms with E-state index in [1.54, 1.807) is 13.3 Å². The highest BCUT2D eigenvalue weighted by Crippen LogP contribution is 2.40. The highest BCUT2D eigenvalue weighted by molar-refractivity contribution is 7.99. The van der Waals surface area contributed by atoms with Gasteiger partial charge in [-0.3, -0.25) is 4.98 Å². The third-order valence-electron chi connectivity index (χ3n) is 7.07. The second kappa shape index (κ2) is 12.1. The number of benzene rings is 2. The molecular formula is C27H32Cl2N2O3S. The summed E-state index contributed by atoms with van der Waals surface area (Å²) in [5, 5.41) is 23.4. The molecule has 1 aliphatic rings. The minimum absolute atomic E-state index is 0.128. The molecule has 1 atom stereocenters. The number of thioether (sulfide) groups is 1. The van der Waals surface area contributed by atoms with Crippen LogP contribution in [-0.2, 0) is 0 Å². The minimum Gasteiger partial charge on any atom is -0.497 e. The summed E-state index contributed by atoms with van der Waals surface area (Å²) >= 11 is 14.4. The van der Waals surface area contributed by atoms with Gasteiger partial charge in [-0.25, -0.2) is 0 Å². The summed E-state index contributed by atoms with van der Waals surface area (Å²) < 4.78 is 5.36. The van der Waals surface area contributed by atoms with Crippen molar-refractivity contribution in [3.05, 3.63) is 64.3 Å². The molecule has 2 N–H and O–H groups in total. The van der Waals surface area contributed by atoms with E-state index in [1.165, 1.54) is 4.90 Å². The zero-order valence-corrected chi connectivity index (χ0v) is 22.2. The molecule has 2 heterocycles. The van der Waals surface area contributed by atoms with E-state index in [9.17, 15) is 10.2 Å². The third kappa shape index (κ3) is 6.62. The Labute approximate surface area is 221 Å². The highest BCUT2D eigenvalue weighted by atomic mass is 35.5. The summed E-state index contributed by atoms with van der Waals surface area (Å²) in [6, 6.07) is 13.5. The number of ether oxygens (including phenoxy) is 1. The van der Waals surface area contributed by atoms with Gasteiger partial charge in [0.2, 0.25) is 0 Å². The van der Waals surface area contributed by atoms with Crippen LogP contribution >= 0.6 is 35.0 Å². The Balaban J connectivity index is 1.33. The van der Waals surface area contributed by atoms with Crippen LogP contribution < -0.4 is 4.74 Å². The Morgan fingerprint density at radius 2 is 1.97 bits per heavy atom. The molecule has 2 aromatic carbocycles. The third-order valence-corrected chi connectivity index (χ3v) is 8.58. The normalized spacial score (nSPS) is 16.9. The molecule has 0 radical (unpaired) electrons. The fourth-order valence-electron chi connectivity index (χ4n) is 4.81. The van der Waals surface area contributed by atoms with E-state index in [4.69, 9.17) is 27.9 Å². The van der Waals surface area contributed by atoms with Gasteiger partial charge in [-0.1, -0.05) is 29.3 Å². The van der Waals surface area contributed by atoms with Crippen molar-refractivity contribution in [2.45, 2.75) is 36.7 Å². The Kier molecular flexibility index (Phi) is 9.19. The number of aromatic nitrogens is 1. The molecule has 0 bridgehead atoms. The number of aliphatic hydroxyl groups is 2. The van der Waals surface area contributed by atoms with Gasteiger partial charge in [-0.05, 0) is 80.6 Å². The predicted molar refractivity (Wildman–Crippen MR) is 145 cm³/mol. The van der Waals surface area contributed by atoms with E-state index < -0.39 is 6.10 Å². The Morgan fingerprint density at radius 3 is 2.69 bits per heavy atom. The van der Waals surface area contributed by atoms with E-state index in [-0.39, 0.29) is 12.0 Å². The lowest BCUT2D eigenvalue weighted by Gasteiger charge is -2.41. The predicted octanol–water partition coefficient (Wildman–Crippen LogP) is 6.23. The largest absolute Gasteiger partial charge is 0.497 e. The fourth-order valence-corrected chi connectivity index (χ4v) is 6.31. The first-order valence-corrected chi connectivity index (χ1v) is 13.7. The molecule has 1 aliphatic heterocycles. The standard InChI is InChI=1S/C27H32Cl2N2O3S/c1-34-20-5-6-24-22(16-20)26(23(29)17-30-24)25(33)7-8-27(18-32)9-11-31(12-10-27)13-14-35-21-4-2-3-19(28)15-21/h2-6,15-17,25,32-33H,7-14,18H2,1H3. The van der Waals surface area contributed by atoms with E-state index >= 15 is 0 Å². The zero-order chi connectivity index (χ0) is 24.8.